The number of hydrogen-bond acceptors (Lipinski definition) is 4. The monoisotopic (exact) mass is 380 g/mol. The van der Waals surface area contributed by atoms with Gasteiger partial charge < -0.3 is 10.6 Å². The van der Waals surface area contributed by atoms with E-state index in [2.05, 4.69) is 20.6 Å². The molecule has 0 unspecified atom stereocenters. The number of nitrogens with zero attached hydrogens (tertiary/aromatic N) is 2. The lowest BCUT2D eigenvalue weighted by Crippen LogP contribution is -2.15. The van der Waals surface area contributed by atoms with Crippen LogP contribution in [0, 0.1) is 13.8 Å². The Morgan fingerprint density at radius 3 is 2.63 bits per heavy atom. The number of amides is 1. The maximum absolute atomic E-state index is 12.4. The van der Waals surface area contributed by atoms with E-state index in [9.17, 15) is 4.79 Å². The number of rotatable bonds is 6. The normalized spacial score (nSPS) is 10.5. The Morgan fingerprint density at radius 2 is 1.89 bits per heavy atom. The van der Waals surface area contributed by atoms with Gasteiger partial charge in [-0.2, -0.15) is 0 Å². The highest BCUT2D eigenvalue weighted by Gasteiger charge is 2.10. The molecule has 0 saturated heterocycles. The van der Waals surface area contributed by atoms with Crippen LogP contribution in [0.15, 0.2) is 54.9 Å². The van der Waals surface area contributed by atoms with Crippen LogP contribution in [0.3, 0.4) is 0 Å². The molecule has 0 atom stereocenters. The molecule has 0 aliphatic carbocycles. The Labute approximate surface area is 163 Å². The summed E-state index contributed by atoms with van der Waals surface area (Å²) in [5, 5.41) is 6.81. The van der Waals surface area contributed by atoms with Gasteiger partial charge in [-0.3, -0.25) is 4.79 Å². The number of carbonyl (C=O) groups excluding carboxylic acids is 1. The molecule has 0 radical (unpaired) electrons. The second-order valence-electron chi connectivity index (χ2n) is 6.30. The molecule has 0 fully saturated rings. The molecule has 0 saturated carbocycles. The van der Waals surface area contributed by atoms with Crippen LogP contribution < -0.4 is 10.6 Å². The molecule has 0 aliphatic rings. The van der Waals surface area contributed by atoms with Crippen molar-refractivity contribution in [2.45, 2.75) is 20.3 Å². The molecule has 0 bridgehead atoms. The SMILES string of the molecule is Cc1cccc(NC(=O)c2cnc(NCCc3cccc(Cl)c3)cn2)c1C. The molecule has 3 aromatic rings. The van der Waals surface area contributed by atoms with Crippen molar-refractivity contribution in [1.29, 1.82) is 0 Å². The van der Waals surface area contributed by atoms with Crippen LogP contribution in [-0.2, 0) is 6.42 Å². The molecule has 27 heavy (non-hydrogen) atoms. The van der Waals surface area contributed by atoms with Crippen LogP contribution in [0.4, 0.5) is 11.5 Å². The van der Waals surface area contributed by atoms with Gasteiger partial charge in [0.2, 0.25) is 0 Å². The van der Waals surface area contributed by atoms with Crippen LogP contribution in [0.1, 0.15) is 27.2 Å². The molecule has 1 heterocycles. The zero-order valence-corrected chi connectivity index (χ0v) is 16.0. The zero-order chi connectivity index (χ0) is 19.2. The van der Waals surface area contributed by atoms with E-state index in [0.717, 1.165) is 33.8 Å². The topological polar surface area (TPSA) is 66.9 Å². The Morgan fingerprint density at radius 1 is 1.07 bits per heavy atom. The highest BCUT2D eigenvalue weighted by molar-refractivity contribution is 6.30. The van der Waals surface area contributed by atoms with Crippen molar-refractivity contribution in [1.82, 2.24) is 9.97 Å². The highest BCUT2D eigenvalue weighted by Crippen LogP contribution is 2.18. The first-order chi connectivity index (χ1) is 13.0. The molecule has 1 amide bonds. The van der Waals surface area contributed by atoms with E-state index < -0.39 is 0 Å². The number of hydrogen-bond donors (Lipinski definition) is 2. The molecule has 6 heteroatoms. The fourth-order valence-corrected chi connectivity index (χ4v) is 2.85. The highest BCUT2D eigenvalue weighted by atomic mass is 35.5. The van der Waals surface area contributed by atoms with E-state index in [1.807, 2.05) is 56.3 Å². The van der Waals surface area contributed by atoms with E-state index in [0.29, 0.717) is 12.4 Å². The molecule has 3 rings (SSSR count). The minimum absolute atomic E-state index is 0.274. The summed E-state index contributed by atoms with van der Waals surface area (Å²) in [4.78, 5) is 20.9. The van der Waals surface area contributed by atoms with Gasteiger partial charge in [-0.05, 0) is 55.2 Å². The average Bonchev–Trinajstić information content (AvgIpc) is 2.66. The quantitative estimate of drug-likeness (QED) is 0.653. The fourth-order valence-electron chi connectivity index (χ4n) is 2.64. The third-order valence-electron chi connectivity index (χ3n) is 4.35. The van der Waals surface area contributed by atoms with Crippen molar-refractivity contribution < 1.29 is 4.79 Å². The maximum Gasteiger partial charge on any atom is 0.275 e. The maximum atomic E-state index is 12.4. The summed E-state index contributed by atoms with van der Waals surface area (Å²) >= 11 is 5.98. The summed E-state index contributed by atoms with van der Waals surface area (Å²) in [6.07, 6.45) is 3.86. The molecule has 1 aromatic heterocycles. The summed E-state index contributed by atoms with van der Waals surface area (Å²) in [5.41, 5.74) is 4.37. The Balaban J connectivity index is 1.56. The Kier molecular flexibility index (Phi) is 6.04. The van der Waals surface area contributed by atoms with Gasteiger partial charge in [-0.15, -0.1) is 0 Å². The summed E-state index contributed by atoms with van der Waals surface area (Å²) in [7, 11) is 0. The minimum atomic E-state index is -0.276. The summed E-state index contributed by atoms with van der Waals surface area (Å²) in [5.74, 6) is 0.349. The van der Waals surface area contributed by atoms with Crippen LogP contribution in [0.25, 0.3) is 0 Å². The van der Waals surface area contributed by atoms with Crippen molar-refractivity contribution in [3.63, 3.8) is 0 Å². The lowest BCUT2D eigenvalue weighted by Gasteiger charge is -2.10. The van der Waals surface area contributed by atoms with Gasteiger partial charge in [0.05, 0.1) is 12.4 Å². The largest absolute Gasteiger partial charge is 0.368 e. The zero-order valence-electron chi connectivity index (χ0n) is 15.3. The lowest BCUT2D eigenvalue weighted by molar-refractivity contribution is 0.102. The second-order valence-corrected chi connectivity index (χ2v) is 6.73. The predicted molar refractivity (Wildman–Crippen MR) is 110 cm³/mol. The molecule has 5 nitrogen and oxygen atoms in total. The van der Waals surface area contributed by atoms with Crippen LogP contribution >= 0.6 is 11.6 Å². The van der Waals surface area contributed by atoms with Gasteiger partial charge in [0.1, 0.15) is 11.5 Å². The number of aromatic nitrogens is 2. The van der Waals surface area contributed by atoms with E-state index in [4.69, 9.17) is 11.6 Å². The molecule has 138 valence electrons. The van der Waals surface area contributed by atoms with Crippen molar-refractivity contribution in [2.24, 2.45) is 0 Å². The molecule has 2 aromatic carbocycles. The molecular formula is C21H21ClN4O. The van der Waals surface area contributed by atoms with Gasteiger partial charge in [0, 0.05) is 17.3 Å². The number of aryl methyl sites for hydroxylation is 1. The van der Waals surface area contributed by atoms with Gasteiger partial charge in [0.15, 0.2) is 0 Å². The third kappa shape index (κ3) is 5.05. The molecule has 0 spiro atoms. The van der Waals surface area contributed by atoms with Gasteiger partial charge >= 0.3 is 0 Å². The van der Waals surface area contributed by atoms with Crippen molar-refractivity contribution in [3.8, 4) is 0 Å². The van der Waals surface area contributed by atoms with Crippen LogP contribution in [0.2, 0.25) is 5.02 Å². The van der Waals surface area contributed by atoms with E-state index in [1.165, 1.54) is 6.20 Å². The van der Waals surface area contributed by atoms with Crippen LogP contribution in [-0.4, -0.2) is 22.4 Å². The van der Waals surface area contributed by atoms with Gasteiger partial charge in [0.25, 0.3) is 5.91 Å². The van der Waals surface area contributed by atoms with E-state index >= 15 is 0 Å². The third-order valence-corrected chi connectivity index (χ3v) is 4.58. The average molecular weight is 381 g/mol. The number of benzene rings is 2. The smallest absolute Gasteiger partial charge is 0.275 e. The van der Waals surface area contributed by atoms with Crippen molar-refractivity contribution in [3.05, 3.63) is 82.3 Å². The lowest BCUT2D eigenvalue weighted by atomic mass is 10.1. The van der Waals surface area contributed by atoms with Crippen molar-refractivity contribution >= 4 is 29.0 Å². The Bertz CT molecular complexity index is 941. The first kappa shape index (κ1) is 18.9. The summed E-state index contributed by atoms with van der Waals surface area (Å²) in [6, 6.07) is 13.5. The molecule has 0 aliphatic heterocycles. The first-order valence-corrected chi connectivity index (χ1v) is 9.08. The van der Waals surface area contributed by atoms with Crippen LogP contribution in [0.5, 0.6) is 0 Å². The standard InChI is InChI=1S/C21H21ClN4O/c1-14-5-3-8-18(15(14)2)26-21(27)19-12-25-20(13-24-19)23-10-9-16-6-4-7-17(22)11-16/h3-8,11-13H,9-10H2,1-2H3,(H,23,25)(H,26,27). The summed E-state index contributed by atoms with van der Waals surface area (Å²) in [6.45, 7) is 4.68. The minimum Gasteiger partial charge on any atom is -0.368 e. The summed E-state index contributed by atoms with van der Waals surface area (Å²) < 4.78 is 0. The Hall–Kier alpha value is -2.92. The first-order valence-electron chi connectivity index (χ1n) is 8.71. The fraction of sp³-hybridized carbons (Fsp3) is 0.190. The van der Waals surface area contributed by atoms with Gasteiger partial charge in [-0.25, -0.2) is 9.97 Å². The van der Waals surface area contributed by atoms with E-state index in [-0.39, 0.29) is 11.6 Å². The second kappa shape index (κ2) is 8.64. The van der Waals surface area contributed by atoms with E-state index in [1.54, 1.807) is 6.20 Å². The predicted octanol–water partition coefficient (Wildman–Crippen LogP) is 4.65. The number of nitrogens with one attached hydrogen (secondary N) is 2. The number of carbonyl (C=O) groups is 1. The van der Waals surface area contributed by atoms with Gasteiger partial charge in [-0.1, -0.05) is 35.9 Å². The number of anilines is 2. The number of halogens is 1. The molecular weight excluding hydrogens is 360 g/mol. The van der Waals surface area contributed by atoms with Crippen molar-refractivity contribution in [2.75, 3.05) is 17.2 Å². The molecule has 2 N–H and O–H groups in total.